The lowest BCUT2D eigenvalue weighted by Gasteiger charge is -2.02. The largest absolute Gasteiger partial charge is 0.344 e. The van der Waals surface area contributed by atoms with Gasteiger partial charge in [-0.25, -0.2) is 0 Å². The predicted octanol–water partition coefficient (Wildman–Crippen LogP) is 6.65. The third-order valence-electron chi connectivity index (χ3n) is 3.67. The van der Waals surface area contributed by atoms with Crippen LogP contribution < -0.4 is 6.15 Å². The molecule has 0 saturated heterocycles. The van der Waals surface area contributed by atoms with E-state index in [4.69, 9.17) is 6.42 Å². The molecule has 19 heavy (non-hydrogen) atoms. The molecule has 0 unspecified atom stereocenters. The van der Waals surface area contributed by atoms with E-state index in [0.717, 1.165) is 6.42 Å². The summed E-state index contributed by atoms with van der Waals surface area (Å²) in [4.78, 5) is 0. The molecule has 3 N–H and O–H groups in total. The summed E-state index contributed by atoms with van der Waals surface area (Å²) >= 11 is 0. The minimum Gasteiger partial charge on any atom is -0.344 e. The third kappa shape index (κ3) is 20.0. The van der Waals surface area contributed by atoms with E-state index in [9.17, 15) is 0 Å². The van der Waals surface area contributed by atoms with E-state index in [2.05, 4.69) is 12.8 Å². The topological polar surface area (TPSA) is 35.0 Å². The summed E-state index contributed by atoms with van der Waals surface area (Å²) in [6.07, 6.45) is 26.0. The number of hydrogen-bond donors (Lipinski definition) is 1. The first-order chi connectivity index (χ1) is 8.91. The van der Waals surface area contributed by atoms with Gasteiger partial charge in [-0.2, -0.15) is 0 Å². The molecule has 0 aromatic heterocycles. The van der Waals surface area contributed by atoms with Gasteiger partial charge in [0.05, 0.1) is 0 Å². The number of terminal acetylenes is 1. The molecule has 0 fully saturated rings. The van der Waals surface area contributed by atoms with Crippen LogP contribution in [0, 0.1) is 12.3 Å². The lowest BCUT2D eigenvalue weighted by molar-refractivity contribution is 0.536. The Kier molecular flexibility index (Phi) is 21.8. The maximum absolute atomic E-state index is 5.23. The summed E-state index contributed by atoms with van der Waals surface area (Å²) in [5.41, 5.74) is 0. The van der Waals surface area contributed by atoms with Gasteiger partial charge in [-0.1, -0.05) is 90.4 Å². The molecular formula is C18H37N. The highest BCUT2D eigenvalue weighted by Gasteiger charge is 1.93. The molecule has 0 rings (SSSR count). The van der Waals surface area contributed by atoms with Crippen LogP contribution >= 0.6 is 0 Å². The molecule has 0 aliphatic heterocycles. The van der Waals surface area contributed by atoms with E-state index in [-0.39, 0.29) is 6.15 Å². The van der Waals surface area contributed by atoms with Crippen molar-refractivity contribution in [2.75, 3.05) is 0 Å². The zero-order valence-electron chi connectivity index (χ0n) is 13.4. The zero-order valence-corrected chi connectivity index (χ0v) is 13.4. The van der Waals surface area contributed by atoms with Crippen molar-refractivity contribution in [2.45, 2.75) is 103 Å². The van der Waals surface area contributed by atoms with Crippen LogP contribution in [0.2, 0.25) is 0 Å². The van der Waals surface area contributed by atoms with Crippen LogP contribution in [0.5, 0.6) is 0 Å². The van der Waals surface area contributed by atoms with E-state index in [1.807, 2.05) is 0 Å². The molecular weight excluding hydrogens is 230 g/mol. The molecule has 1 nitrogen and oxygen atoms in total. The van der Waals surface area contributed by atoms with Crippen molar-refractivity contribution >= 4 is 0 Å². The Bertz CT molecular complexity index is 181. The van der Waals surface area contributed by atoms with E-state index in [0.29, 0.717) is 0 Å². The maximum Gasteiger partial charge on any atom is 0.00860 e. The maximum atomic E-state index is 5.23. The van der Waals surface area contributed by atoms with Crippen molar-refractivity contribution < 1.29 is 0 Å². The number of rotatable bonds is 14. The lowest BCUT2D eigenvalue weighted by Crippen LogP contribution is -1.83. The zero-order chi connectivity index (χ0) is 13.3. The van der Waals surface area contributed by atoms with Crippen LogP contribution in [0.25, 0.3) is 0 Å². The Morgan fingerprint density at radius 2 is 0.895 bits per heavy atom. The van der Waals surface area contributed by atoms with Crippen LogP contribution in [-0.2, 0) is 0 Å². The molecule has 0 aromatic carbocycles. The molecule has 0 amide bonds. The number of hydrogen-bond acceptors (Lipinski definition) is 1. The highest BCUT2D eigenvalue weighted by atomic mass is 14.0. The summed E-state index contributed by atoms with van der Waals surface area (Å²) in [5, 5.41) is 0. The third-order valence-corrected chi connectivity index (χ3v) is 3.67. The Morgan fingerprint density at radius 3 is 1.21 bits per heavy atom. The van der Waals surface area contributed by atoms with Gasteiger partial charge in [0.1, 0.15) is 0 Å². The van der Waals surface area contributed by atoms with E-state index < -0.39 is 0 Å². The summed E-state index contributed by atoms with van der Waals surface area (Å²) < 4.78 is 0. The van der Waals surface area contributed by atoms with Gasteiger partial charge in [-0.3, -0.25) is 0 Å². The van der Waals surface area contributed by atoms with Crippen LogP contribution in [0.3, 0.4) is 0 Å². The van der Waals surface area contributed by atoms with Crippen molar-refractivity contribution in [3.8, 4) is 12.3 Å². The first kappa shape index (κ1) is 20.8. The highest BCUT2D eigenvalue weighted by molar-refractivity contribution is 4.82. The Morgan fingerprint density at radius 1 is 0.579 bits per heavy atom. The summed E-state index contributed by atoms with van der Waals surface area (Å²) in [5.74, 6) is 2.71. The number of unbranched alkanes of at least 4 members (excludes halogenated alkanes) is 14. The molecule has 0 heterocycles. The fourth-order valence-electron chi connectivity index (χ4n) is 2.42. The van der Waals surface area contributed by atoms with Gasteiger partial charge in [0.15, 0.2) is 0 Å². The van der Waals surface area contributed by atoms with Crippen LogP contribution in [0.4, 0.5) is 0 Å². The van der Waals surface area contributed by atoms with E-state index >= 15 is 0 Å². The fourth-order valence-corrected chi connectivity index (χ4v) is 2.42. The summed E-state index contributed by atoms with van der Waals surface area (Å²) in [7, 11) is 0. The minimum absolute atomic E-state index is 0. The molecule has 0 radical (unpaired) electrons. The first-order valence-electron chi connectivity index (χ1n) is 8.35. The lowest BCUT2D eigenvalue weighted by atomic mass is 10.0. The smallest absolute Gasteiger partial charge is 0.00860 e. The van der Waals surface area contributed by atoms with Gasteiger partial charge >= 0.3 is 0 Å². The van der Waals surface area contributed by atoms with E-state index in [1.54, 1.807) is 0 Å². The standard InChI is InChI=1S/C18H34.H3N/c1-3-5-7-9-11-13-15-17-18-16-14-12-10-8-6-4-2;/h1H,4-18H2,2H3;1H3. The van der Waals surface area contributed by atoms with E-state index in [1.165, 1.54) is 89.9 Å². The monoisotopic (exact) mass is 267 g/mol. The summed E-state index contributed by atoms with van der Waals surface area (Å²) in [6.45, 7) is 2.28. The average molecular weight is 268 g/mol. The van der Waals surface area contributed by atoms with Gasteiger partial charge < -0.3 is 6.15 Å². The molecule has 0 saturated carbocycles. The molecule has 0 bridgehead atoms. The summed E-state index contributed by atoms with van der Waals surface area (Å²) in [6, 6.07) is 0. The molecule has 0 aliphatic rings. The molecule has 0 aromatic rings. The van der Waals surface area contributed by atoms with Gasteiger partial charge in [0.25, 0.3) is 0 Å². The molecule has 1 heteroatoms. The Hall–Kier alpha value is -0.480. The quantitative estimate of drug-likeness (QED) is 0.277. The SMILES string of the molecule is C#CCCCCCCCCCCCCCCCC.N. The van der Waals surface area contributed by atoms with Gasteiger partial charge in [0.2, 0.25) is 0 Å². The predicted molar refractivity (Wildman–Crippen MR) is 88.8 cm³/mol. The second-order valence-electron chi connectivity index (χ2n) is 5.55. The normalized spacial score (nSPS) is 9.89. The van der Waals surface area contributed by atoms with Crippen molar-refractivity contribution in [3.05, 3.63) is 0 Å². The first-order valence-corrected chi connectivity index (χ1v) is 8.35. The fraction of sp³-hybridized carbons (Fsp3) is 0.889. The van der Waals surface area contributed by atoms with Gasteiger partial charge in [0, 0.05) is 6.42 Å². The van der Waals surface area contributed by atoms with Crippen LogP contribution in [0.1, 0.15) is 103 Å². The van der Waals surface area contributed by atoms with Crippen molar-refractivity contribution in [1.82, 2.24) is 6.15 Å². The molecule has 114 valence electrons. The average Bonchev–Trinajstić information content (AvgIpc) is 2.39. The van der Waals surface area contributed by atoms with Crippen molar-refractivity contribution in [3.63, 3.8) is 0 Å². The van der Waals surface area contributed by atoms with Gasteiger partial charge in [-0.15, -0.1) is 12.3 Å². The van der Waals surface area contributed by atoms with Crippen molar-refractivity contribution in [1.29, 1.82) is 0 Å². The molecule has 0 atom stereocenters. The second kappa shape index (κ2) is 19.9. The molecule has 0 spiro atoms. The highest BCUT2D eigenvalue weighted by Crippen LogP contribution is 2.13. The van der Waals surface area contributed by atoms with Crippen LogP contribution in [0.15, 0.2) is 0 Å². The Balaban J connectivity index is 0. The molecule has 0 aliphatic carbocycles. The Labute approximate surface area is 122 Å². The van der Waals surface area contributed by atoms with Gasteiger partial charge in [-0.05, 0) is 6.42 Å². The van der Waals surface area contributed by atoms with Crippen LogP contribution in [-0.4, -0.2) is 0 Å². The van der Waals surface area contributed by atoms with Crippen molar-refractivity contribution in [2.24, 2.45) is 0 Å². The minimum atomic E-state index is 0. The second-order valence-corrected chi connectivity index (χ2v) is 5.55.